The molecule has 0 aliphatic carbocycles. The Kier molecular flexibility index (Phi) is 24.9. The van der Waals surface area contributed by atoms with Gasteiger partial charge in [-0.3, -0.25) is 0 Å². The van der Waals surface area contributed by atoms with Crippen molar-refractivity contribution >= 4 is 17.7 Å². The number of carbonyl (C=O) groups excluding carboxylic acids is 1. The van der Waals surface area contributed by atoms with Crippen molar-refractivity contribution in [3.8, 4) is 0 Å². The van der Waals surface area contributed by atoms with E-state index in [1.54, 1.807) is 0 Å². The highest BCUT2D eigenvalue weighted by Gasteiger charge is 2.24. The van der Waals surface area contributed by atoms with E-state index in [0.717, 1.165) is 12.8 Å². The SMILES string of the molecule is CCCCCCCCCCCCCCC(C)(CCCCCCCCCCCCCC)C(=O)[S-]. The Morgan fingerprint density at radius 2 is 0.667 bits per heavy atom. The molecule has 33 heavy (non-hydrogen) atoms. The van der Waals surface area contributed by atoms with Crippen LogP contribution in [-0.2, 0) is 17.4 Å². The van der Waals surface area contributed by atoms with E-state index in [1.165, 1.54) is 154 Å². The summed E-state index contributed by atoms with van der Waals surface area (Å²) in [6, 6.07) is 0. The molecule has 0 aliphatic rings. The topological polar surface area (TPSA) is 17.1 Å². The van der Waals surface area contributed by atoms with Gasteiger partial charge in [-0.25, -0.2) is 0 Å². The summed E-state index contributed by atoms with van der Waals surface area (Å²) in [5.41, 5.74) is -0.244. The van der Waals surface area contributed by atoms with Crippen molar-refractivity contribution < 1.29 is 4.79 Å². The van der Waals surface area contributed by atoms with Gasteiger partial charge in [-0.2, -0.15) is 0 Å². The second-order valence-electron chi connectivity index (χ2n) is 11.1. The number of carbonyl (C=O) groups is 1. The van der Waals surface area contributed by atoms with Crippen molar-refractivity contribution in [2.75, 3.05) is 0 Å². The zero-order valence-corrected chi connectivity index (χ0v) is 24.0. The van der Waals surface area contributed by atoms with E-state index in [-0.39, 0.29) is 10.5 Å². The van der Waals surface area contributed by atoms with Gasteiger partial charge in [-0.15, -0.1) is 0 Å². The molecule has 0 unspecified atom stereocenters. The summed E-state index contributed by atoms with van der Waals surface area (Å²) >= 11 is 5.15. The third-order valence-electron chi connectivity index (χ3n) is 7.66. The van der Waals surface area contributed by atoms with Crippen molar-refractivity contribution in [2.45, 2.75) is 188 Å². The van der Waals surface area contributed by atoms with Crippen LogP contribution in [0.4, 0.5) is 0 Å². The lowest BCUT2D eigenvalue weighted by Crippen LogP contribution is -2.26. The Morgan fingerprint density at radius 3 is 0.879 bits per heavy atom. The third-order valence-corrected chi connectivity index (χ3v) is 8.15. The number of hydrogen-bond donors (Lipinski definition) is 0. The lowest BCUT2D eigenvalue weighted by atomic mass is 9.81. The van der Waals surface area contributed by atoms with Gasteiger partial charge in [-0.05, 0) is 12.8 Å². The molecule has 0 saturated heterocycles. The van der Waals surface area contributed by atoms with Gasteiger partial charge in [0.25, 0.3) is 0 Å². The Bertz CT molecular complexity index is 378. The molecule has 0 rings (SSSR count). The predicted molar refractivity (Wildman–Crippen MR) is 152 cm³/mol. The van der Waals surface area contributed by atoms with Crippen molar-refractivity contribution in [3.63, 3.8) is 0 Å². The highest BCUT2D eigenvalue weighted by molar-refractivity contribution is 7.77. The van der Waals surface area contributed by atoms with Crippen LogP contribution in [0.25, 0.3) is 0 Å². The van der Waals surface area contributed by atoms with E-state index >= 15 is 0 Å². The third kappa shape index (κ3) is 22.1. The van der Waals surface area contributed by atoms with Crippen LogP contribution in [0.15, 0.2) is 0 Å². The largest absolute Gasteiger partial charge is 0.741 e. The van der Waals surface area contributed by atoms with Crippen molar-refractivity contribution in [1.29, 1.82) is 0 Å². The number of rotatable bonds is 27. The fourth-order valence-electron chi connectivity index (χ4n) is 5.04. The van der Waals surface area contributed by atoms with Crippen LogP contribution in [-0.4, -0.2) is 5.12 Å². The molecule has 0 aromatic heterocycles. The van der Waals surface area contributed by atoms with Gasteiger partial charge in [0.2, 0.25) is 0 Å². The van der Waals surface area contributed by atoms with Crippen LogP contribution in [0.5, 0.6) is 0 Å². The van der Waals surface area contributed by atoms with Crippen LogP contribution in [0.1, 0.15) is 188 Å². The summed E-state index contributed by atoms with van der Waals surface area (Å²) in [6.45, 7) is 6.71. The minimum absolute atomic E-state index is 0.00801. The van der Waals surface area contributed by atoms with Gasteiger partial charge in [0.1, 0.15) is 0 Å². The quantitative estimate of drug-likeness (QED) is 0.0856. The van der Waals surface area contributed by atoms with E-state index in [0.29, 0.717) is 0 Å². The molecule has 0 fully saturated rings. The van der Waals surface area contributed by atoms with Crippen LogP contribution in [0, 0.1) is 5.41 Å². The number of unbranched alkanes of at least 4 members (excludes halogenated alkanes) is 22. The van der Waals surface area contributed by atoms with E-state index in [4.69, 9.17) is 12.6 Å². The molecule has 0 bridgehead atoms. The summed E-state index contributed by atoms with van der Waals surface area (Å²) in [6.07, 6.45) is 34.8. The molecule has 0 aliphatic heterocycles. The molecule has 0 spiro atoms. The molecule has 0 heterocycles. The van der Waals surface area contributed by atoms with Crippen LogP contribution >= 0.6 is 0 Å². The van der Waals surface area contributed by atoms with Crippen molar-refractivity contribution in [3.05, 3.63) is 0 Å². The first-order chi connectivity index (χ1) is 16.1. The molecule has 2 heteroatoms. The van der Waals surface area contributed by atoms with Gasteiger partial charge in [0.15, 0.2) is 0 Å². The Hall–Kier alpha value is -0.110. The maximum atomic E-state index is 12.1. The van der Waals surface area contributed by atoms with Crippen molar-refractivity contribution in [2.24, 2.45) is 5.41 Å². The van der Waals surface area contributed by atoms with Gasteiger partial charge in [-0.1, -0.05) is 175 Å². The molecule has 0 aromatic carbocycles. The standard InChI is InChI=1S/C31H62OS/c1-4-6-8-10-12-14-16-18-20-22-24-26-28-31(3,30(32)33)29-27-25-23-21-19-17-15-13-11-9-7-5-2/h4-29H2,1-3H3,(H,32,33)/p-1. The first-order valence-electron chi connectivity index (χ1n) is 15.3. The summed E-state index contributed by atoms with van der Waals surface area (Å²) in [7, 11) is 0. The molecule has 0 atom stereocenters. The predicted octanol–water partition coefficient (Wildman–Crippen LogP) is 11.2. The molecule has 0 N–H and O–H groups in total. The highest BCUT2D eigenvalue weighted by Crippen LogP contribution is 2.32. The maximum Gasteiger partial charge on any atom is 0.0179 e. The fraction of sp³-hybridized carbons (Fsp3) is 0.968. The summed E-state index contributed by atoms with van der Waals surface area (Å²) in [5.74, 6) is 0. The molecular weight excluding hydrogens is 420 g/mol. The van der Waals surface area contributed by atoms with Gasteiger partial charge in [0.05, 0.1) is 0 Å². The minimum Gasteiger partial charge on any atom is -0.741 e. The Balaban J connectivity index is 3.59. The van der Waals surface area contributed by atoms with E-state index in [9.17, 15) is 4.79 Å². The van der Waals surface area contributed by atoms with Crippen LogP contribution < -0.4 is 0 Å². The number of hydrogen-bond acceptors (Lipinski definition) is 2. The Morgan fingerprint density at radius 1 is 0.455 bits per heavy atom. The van der Waals surface area contributed by atoms with Crippen LogP contribution in [0.2, 0.25) is 0 Å². The lowest BCUT2D eigenvalue weighted by molar-refractivity contribution is -0.119. The molecule has 198 valence electrons. The van der Waals surface area contributed by atoms with E-state index < -0.39 is 0 Å². The summed E-state index contributed by atoms with van der Waals surface area (Å²) in [5, 5.41) is 0.00801. The van der Waals surface area contributed by atoms with Crippen LogP contribution in [0.3, 0.4) is 0 Å². The fourth-order valence-corrected chi connectivity index (χ4v) is 5.25. The summed E-state index contributed by atoms with van der Waals surface area (Å²) in [4.78, 5) is 12.1. The average molecular weight is 482 g/mol. The second-order valence-corrected chi connectivity index (χ2v) is 11.5. The lowest BCUT2D eigenvalue weighted by Gasteiger charge is -2.32. The Labute approximate surface area is 215 Å². The summed E-state index contributed by atoms with van der Waals surface area (Å²) < 4.78 is 0. The zero-order valence-electron chi connectivity index (χ0n) is 23.2. The van der Waals surface area contributed by atoms with E-state index in [1.807, 2.05) is 0 Å². The molecular formula is C31H61OS-. The average Bonchev–Trinajstić information content (AvgIpc) is 2.80. The molecule has 0 saturated carbocycles. The van der Waals surface area contributed by atoms with E-state index in [2.05, 4.69) is 20.8 Å². The minimum atomic E-state index is -0.244. The highest BCUT2D eigenvalue weighted by atomic mass is 32.1. The zero-order chi connectivity index (χ0) is 24.5. The molecule has 1 nitrogen and oxygen atoms in total. The molecule has 0 aromatic rings. The van der Waals surface area contributed by atoms with Gasteiger partial charge >= 0.3 is 0 Å². The van der Waals surface area contributed by atoms with Gasteiger partial charge < -0.3 is 17.4 Å². The first kappa shape index (κ1) is 32.9. The van der Waals surface area contributed by atoms with Crippen molar-refractivity contribution in [1.82, 2.24) is 0 Å². The van der Waals surface area contributed by atoms with Gasteiger partial charge in [0, 0.05) is 10.5 Å². The monoisotopic (exact) mass is 481 g/mol. The normalized spacial score (nSPS) is 11.8. The maximum absolute atomic E-state index is 12.1. The molecule has 0 radical (unpaired) electrons. The second kappa shape index (κ2) is 25.0. The molecule has 0 amide bonds. The smallest absolute Gasteiger partial charge is 0.0179 e. The first-order valence-corrected chi connectivity index (χ1v) is 15.7.